The van der Waals surface area contributed by atoms with Crippen molar-refractivity contribution in [3.63, 3.8) is 0 Å². The summed E-state index contributed by atoms with van der Waals surface area (Å²) in [5.74, 6) is -2.13. The highest BCUT2D eigenvalue weighted by atomic mass is 19.2. The molecule has 2 nitrogen and oxygen atoms in total. The van der Waals surface area contributed by atoms with Crippen LogP contribution in [0.25, 0.3) is 22.4 Å². The Hall–Kier alpha value is -2.30. The SMILES string of the molecule is Cc1ccc(F)c(-c2nc3cc(F)c(F)cc3[nH]2)c1. The monoisotopic (exact) mass is 262 g/mol. The van der Waals surface area contributed by atoms with Crippen molar-refractivity contribution in [2.45, 2.75) is 6.92 Å². The Morgan fingerprint density at radius 3 is 2.47 bits per heavy atom. The second-order valence-corrected chi connectivity index (χ2v) is 4.35. The molecule has 0 bridgehead atoms. The molecular weight excluding hydrogens is 253 g/mol. The Balaban J connectivity index is 2.23. The van der Waals surface area contributed by atoms with Gasteiger partial charge in [0, 0.05) is 12.1 Å². The summed E-state index contributed by atoms with van der Waals surface area (Å²) in [6.45, 7) is 1.82. The van der Waals surface area contributed by atoms with E-state index in [1.54, 1.807) is 12.1 Å². The summed E-state index contributed by atoms with van der Waals surface area (Å²) < 4.78 is 39.9. The molecule has 0 saturated heterocycles. The van der Waals surface area contributed by atoms with E-state index in [2.05, 4.69) is 9.97 Å². The van der Waals surface area contributed by atoms with Crippen LogP contribution in [-0.4, -0.2) is 9.97 Å². The zero-order valence-electron chi connectivity index (χ0n) is 9.97. The summed E-state index contributed by atoms with van der Waals surface area (Å²) in [7, 11) is 0. The van der Waals surface area contributed by atoms with E-state index in [0.29, 0.717) is 5.52 Å². The lowest BCUT2D eigenvalue weighted by atomic mass is 10.1. The van der Waals surface area contributed by atoms with Crippen LogP contribution < -0.4 is 0 Å². The number of H-pyrrole nitrogens is 1. The van der Waals surface area contributed by atoms with Gasteiger partial charge in [0.25, 0.3) is 0 Å². The predicted octanol–water partition coefficient (Wildman–Crippen LogP) is 3.96. The highest BCUT2D eigenvalue weighted by molar-refractivity contribution is 5.79. The van der Waals surface area contributed by atoms with Crippen LogP contribution in [0.3, 0.4) is 0 Å². The molecule has 0 aliphatic carbocycles. The van der Waals surface area contributed by atoms with Crippen molar-refractivity contribution in [2.75, 3.05) is 0 Å². The predicted molar refractivity (Wildman–Crippen MR) is 66.1 cm³/mol. The van der Waals surface area contributed by atoms with Gasteiger partial charge in [-0.2, -0.15) is 0 Å². The van der Waals surface area contributed by atoms with Crippen molar-refractivity contribution < 1.29 is 13.2 Å². The van der Waals surface area contributed by atoms with Crippen LogP contribution in [0.5, 0.6) is 0 Å². The minimum Gasteiger partial charge on any atom is -0.338 e. The third-order valence-electron chi connectivity index (χ3n) is 2.90. The van der Waals surface area contributed by atoms with E-state index >= 15 is 0 Å². The number of halogens is 3. The van der Waals surface area contributed by atoms with Gasteiger partial charge in [0.1, 0.15) is 11.6 Å². The number of aromatic nitrogens is 2. The first-order valence-electron chi connectivity index (χ1n) is 5.66. The van der Waals surface area contributed by atoms with Gasteiger partial charge >= 0.3 is 0 Å². The van der Waals surface area contributed by atoms with Gasteiger partial charge in [-0.05, 0) is 19.1 Å². The van der Waals surface area contributed by atoms with E-state index in [4.69, 9.17) is 0 Å². The van der Waals surface area contributed by atoms with Gasteiger partial charge in [0.05, 0.1) is 16.6 Å². The molecule has 19 heavy (non-hydrogen) atoms. The van der Waals surface area contributed by atoms with Gasteiger partial charge in [0.15, 0.2) is 11.6 Å². The molecule has 2 aromatic carbocycles. The van der Waals surface area contributed by atoms with Crippen LogP contribution in [0.1, 0.15) is 5.56 Å². The number of imidazole rings is 1. The number of aryl methyl sites for hydroxylation is 1. The average Bonchev–Trinajstić information content (AvgIpc) is 2.75. The van der Waals surface area contributed by atoms with Gasteiger partial charge in [-0.25, -0.2) is 18.2 Å². The molecule has 5 heteroatoms. The van der Waals surface area contributed by atoms with Crippen molar-refractivity contribution in [1.29, 1.82) is 0 Å². The van der Waals surface area contributed by atoms with E-state index in [1.165, 1.54) is 6.07 Å². The fraction of sp³-hybridized carbons (Fsp3) is 0.0714. The maximum atomic E-state index is 13.7. The fourth-order valence-electron chi connectivity index (χ4n) is 1.95. The fourth-order valence-corrected chi connectivity index (χ4v) is 1.95. The van der Waals surface area contributed by atoms with Gasteiger partial charge in [0.2, 0.25) is 0 Å². The standard InChI is InChI=1S/C14H9F3N2/c1-7-2-3-9(15)8(4-7)14-18-12-5-10(16)11(17)6-13(12)19-14/h2-6H,1H3,(H,18,19). The topological polar surface area (TPSA) is 28.7 Å². The van der Waals surface area contributed by atoms with Crippen LogP contribution in [0.2, 0.25) is 0 Å². The molecule has 0 amide bonds. The van der Waals surface area contributed by atoms with Crippen LogP contribution in [-0.2, 0) is 0 Å². The maximum Gasteiger partial charge on any atom is 0.161 e. The number of rotatable bonds is 1. The average molecular weight is 262 g/mol. The molecular formula is C14H9F3N2. The van der Waals surface area contributed by atoms with E-state index in [9.17, 15) is 13.2 Å². The Bertz CT molecular complexity index is 739. The Morgan fingerprint density at radius 1 is 0.947 bits per heavy atom. The summed E-state index contributed by atoms with van der Waals surface area (Å²) in [4.78, 5) is 6.87. The third kappa shape index (κ3) is 1.97. The van der Waals surface area contributed by atoms with Crippen molar-refractivity contribution in [1.82, 2.24) is 9.97 Å². The lowest BCUT2D eigenvalue weighted by Gasteiger charge is -2.00. The molecule has 3 rings (SSSR count). The minimum atomic E-state index is -0.977. The van der Waals surface area contributed by atoms with Crippen molar-refractivity contribution >= 4 is 11.0 Å². The first-order chi connectivity index (χ1) is 9.04. The highest BCUT2D eigenvalue weighted by Gasteiger charge is 2.12. The van der Waals surface area contributed by atoms with Crippen LogP contribution in [0.4, 0.5) is 13.2 Å². The summed E-state index contributed by atoms with van der Waals surface area (Å²) in [6.07, 6.45) is 0. The van der Waals surface area contributed by atoms with E-state index in [-0.39, 0.29) is 16.9 Å². The largest absolute Gasteiger partial charge is 0.338 e. The number of benzene rings is 2. The molecule has 0 fully saturated rings. The number of nitrogens with one attached hydrogen (secondary N) is 1. The minimum absolute atomic E-state index is 0.251. The molecule has 0 spiro atoms. The van der Waals surface area contributed by atoms with Crippen molar-refractivity contribution in [3.8, 4) is 11.4 Å². The molecule has 1 N–H and O–H groups in total. The maximum absolute atomic E-state index is 13.7. The van der Waals surface area contributed by atoms with E-state index < -0.39 is 17.5 Å². The molecule has 0 aliphatic rings. The van der Waals surface area contributed by atoms with E-state index in [0.717, 1.165) is 17.7 Å². The zero-order valence-corrected chi connectivity index (χ0v) is 9.97. The third-order valence-corrected chi connectivity index (χ3v) is 2.90. The molecule has 0 saturated carbocycles. The van der Waals surface area contributed by atoms with Crippen LogP contribution in [0, 0.1) is 24.4 Å². The van der Waals surface area contributed by atoms with Gasteiger partial charge in [-0.15, -0.1) is 0 Å². The molecule has 0 radical (unpaired) electrons. The molecule has 0 unspecified atom stereocenters. The first-order valence-corrected chi connectivity index (χ1v) is 5.66. The van der Waals surface area contributed by atoms with Crippen LogP contribution >= 0.6 is 0 Å². The van der Waals surface area contributed by atoms with Gasteiger partial charge in [-0.3, -0.25) is 0 Å². The zero-order chi connectivity index (χ0) is 13.6. The molecule has 3 aromatic rings. The quantitative estimate of drug-likeness (QED) is 0.706. The number of fused-ring (bicyclic) bond motifs is 1. The number of nitrogens with zero attached hydrogens (tertiary/aromatic N) is 1. The molecule has 1 heterocycles. The molecule has 96 valence electrons. The van der Waals surface area contributed by atoms with Gasteiger partial charge < -0.3 is 4.98 Å². The van der Waals surface area contributed by atoms with Gasteiger partial charge in [-0.1, -0.05) is 11.6 Å². The second kappa shape index (κ2) is 4.12. The second-order valence-electron chi connectivity index (χ2n) is 4.35. The number of hydrogen-bond donors (Lipinski definition) is 1. The van der Waals surface area contributed by atoms with Crippen molar-refractivity contribution in [3.05, 3.63) is 53.3 Å². The lowest BCUT2D eigenvalue weighted by molar-refractivity contribution is 0.510. The Kier molecular flexibility index (Phi) is 2.55. The smallest absolute Gasteiger partial charge is 0.161 e. The van der Waals surface area contributed by atoms with Crippen LogP contribution in [0.15, 0.2) is 30.3 Å². The lowest BCUT2D eigenvalue weighted by Crippen LogP contribution is -1.87. The summed E-state index contributed by atoms with van der Waals surface area (Å²) >= 11 is 0. The number of aromatic amines is 1. The van der Waals surface area contributed by atoms with Crippen molar-refractivity contribution in [2.24, 2.45) is 0 Å². The summed E-state index contributed by atoms with van der Waals surface area (Å²) in [5.41, 5.74) is 1.73. The highest BCUT2D eigenvalue weighted by Crippen LogP contribution is 2.25. The number of hydrogen-bond acceptors (Lipinski definition) is 1. The Labute approximate surface area is 106 Å². The van der Waals surface area contributed by atoms with E-state index in [1.807, 2.05) is 6.92 Å². The molecule has 0 atom stereocenters. The summed E-state index contributed by atoms with van der Waals surface area (Å²) in [5, 5.41) is 0. The molecule has 1 aromatic heterocycles. The molecule has 0 aliphatic heterocycles. The normalized spacial score (nSPS) is 11.2. The first kappa shape index (κ1) is 11.8. The Morgan fingerprint density at radius 2 is 1.68 bits per heavy atom. The summed E-state index contributed by atoms with van der Waals surface area (Å²) in [6, 6.07) is 6.59.